The number of aromatic amines is 2. The zero-order chi connectivity index (χ0) is 84.8. The number of carbonyl (C=O) groups is 17. The van der Waals surface area contributed by atoms with E-state index in [1.54, 1.807) is 91.3 Å². The lowest BCUT2D eigenvalue weighted by Crippen LogP contribution is -2.61. The fourth-order valence-electron chi connectivity index (χ4n) is 12.2. The Morgan fingerprint density at radius 1 is 0.452 bits per heavy atom. The maximum absolute atomic E-state index is 14.6. The SMILES string of the molecule is CC(C)[C@H](NC(=O)[C@H](CO)NC(=O)[C@H](Cc1c[nH]c2ccccc12)NC(=O)[C@H](CS)NC(=O)[C@H](CCC(=O)O)NC(=O)[C@@H](NC(=O)CNC(=O)CNC(=O)[C@H](Cc1ccccc1)NC(=O)[C@H](CCC(=O)O)NC(=O)CNC(=O)[C@@H]1CCCN1C(=O)[C@H](Cc1c[nH]c2ccccc12)NC(=O)[C@H](CS)NC(=O)[C@@H](N)CO)C(C)C)C(=O)O. The third-order valence-corrected chi connectivity index (χ3v) is 19.3. The Hall–Kier alpha value is -11.7. The number of H-pyrrole nitrogens is 2. The molecule has 6 rings (SSSR count). The molecule has 12 atom stereocenters. The first-order chi connectivity index (χ1) is 54.7. The number of hydrogen-bond donors (Lipinski definition) is 23. The van der Waals surface area contributed by atoms with Gasteiger partial charge in [0, 0.05) is 84.4 Å². The fraction of sp³-hybridized carbons (Fsp3) is 0.473. The monoisotopic (exact) mass is 1640 g/mol. The van der Waals surface area contributed by atoms with Crippen LogP contribution in [0.5, 0.6) is 0 Å². The van der Waals surface area contributed by atoms with Crippen LogP contribution in [0.1, 0.15) is 82.9 Å². The number of nitrogens with one attached hydrogen (secondary N) is 15. The third-order valence-electron chi connectivity index (χ3n) is 18.5. The maximum atomic E-state index is 14.6. The van der Waals surface area contributed by atoms with Crippen molar-refractivity contribution in [3.63, 3.8) is 0 Å². The molecular formula is C74H99N17O22S2. The Morgan fingerprint density at radius 2 is 0.887 bits per heavy atom. The average molecular weight is 1640 g/mol. The van der Waals surface area contributed by atoms with Crippen LogP contribution in [0, 0.1) is 11.8 Å². The van der Waals surface area contributed by atoms with Crippen LogP contribution < -0.4 is 74.9 Å². The molecule has 0 unspecified atom stereocenters. The van der Waals surface area contributed by atoms with Crippen molar-refractivity contribution >= 4 is 148 Å². The van der Waals surface area contributed by atoms with Gasteiger partial charge in [-0.15, -0.1) is 0 Å². The number of likely N-dealkylation sites (tertiary alicyclic amines) is 1. The minimum atomic E-state index is -1.72. The molecule has 1 saturated heterocycles. The number of carbonyl (C=O) groups excluding carboxylic acids is 14. The first-order valence-corrected chi connectivity index (χ1v) is 38.1. The number of amides is 14. The van der Waals surface area contributed by atoms with E-state index in [2.05, 4.69) is 104 Å². The van der Waals surface area contributed by atoms with Crippen LogP contribution in [-0.4, -0.2) is 264 Å². The van der Waals surface area contributed by atoms with E-state index in [0.29, 0.717) is 34.0 Å². The smallest absolute Gasteiger partial charge is 0.326 e. The van der Waals surface area contributed by atoms with Gasteiger partial charge in [-0.3, -0.25) is 76.7 Å². The Kier molecular flexibility index (Phi) is 36.3. The van der Waals surface area contributed by atoms with Gasteiger partial charge in [0.25, 0.3) is 0 Å². The second kappa shape index (κ2) is 45.3. The van der Waals surface area contributed by atoms with E-state index >= 15 is 0 Å². The lowest BCUT2D eigenvalue weighted by atomic mass is 10.0. The molecule has 41 heteroatoms. The molecule has 1 aliphatic heterocycles. The first-order valence-electron chi connectivity index (χ1n) is 36.8. The predicted molar refractivity (Wildman–Crippen MR) is 418 cm³/mol. The summed E-state index contributed by atoms with van der Waals surface area (Å²) in [5.41, 5.74) is 8.60. The molecule has 3 aromatic carbocycles. The van der Waals surface area contributed by atoms with Crippen molar-refractivity contribution in [1.29, 1.82) is 0 Å². The summed E-state index contributed by atoms with van der Waals surface area (Å²) in [5.74, 6) is -19.7. The Balaban J connectivity index is 1.06. The molecule has 0 aliphatic carbocycles. The number of carboxylic acids is 3. The highest BCUT2D eigenvalue weighted by Gasteiger charge is 2.41. The second-order valence-corrected chi connectivity index (χ2v) is 28.6. The van der Waals surface area contributed by atoms with Gasteiger partial charge >= 0.3 is 17.9 Å². The Bertz CT molecular complexity index is 4310. The number of aliphatic carboxylic acids is 3. The number of aliphatic hydroxyl groups excluding tert-OH is 2. The molecule has 1 aliphatic rings. The van der Waals surface area contributed by atoms with E-state index < -0.39 is 249 Å². The minimum absolute atomic E-state index is 0.0372. The molecule has 624 valence electrons. The second-order valence-electron chi connectivity index (χ2n) is 27.8. The van der Waals surface area contributed by atoms with E-state index in [-0.39, 0.29) is 38.0 Å². The highest BCUT2D eigenvalue weighted by Crippen LogP contribution is 2.25. The van der Waals surface area contributed by atoms with E-state index in [1.807, 2.05) is 0 Å². The number of rotatable bonds is 46. The topological polar surface area (TPSA) is 609 Å². The standard InChI is InChI=1S/C74H99N17O22S2/c1-37(2)61(72(110)82-48(21-23-60(99)100)66(104)88-54(36-115)69(107)84-50(26-40-28-76-45-17-10-8-15-42(40)45)67(105)86-52(34-93)68(106)90-62(38(3)4)74(112)113)89-58(96)31-78-56(94)30-79-64(102)49(25-39-13-6-5-7-14-39)83-65(103)47(20-22-59(97)98)81-57(95)32-80-71(109)55-19-12-24-91(55)73(111)51(27-41-29-77-46-18-11-9-16-43(41)46)85-70(108)53(35-114)87-63(101)44(75)33-92/h5-11,13-18,28-29,37-38,44,47-55,61-62,76-77,92-93,114-115H,12,19-27,30-36,75H2,1-4H3,(H,78,94)(H,79,102)(H,80,109)(H,81,95)(H,82,110)(H,83,103)(H,84,107)(H,85,108)(H,86,105)(H,87,101)(H,88,104)(H,89,96)(H,90,106)(H,97,98)(H,99,100)(H,112,113)/t44-,47-,48-,49-,50-,51-,52-,53-,54-,55-,61-,62-/m0/s1. The number of carboxylic acid groups (broad SMARTS) is 3. The molecule has 0 radical (unpaired) electrons. The van der Waals surface area contributed by atoms with Gasteiger partial charge in [0.15, 0.2) is 0 Å². The highest BCUT2D eigenvalue weighted by atomic mass is 32.1. The summed E-state index contributed by atoms with van der Waals surface area (Å²) in [4.78, 5) is 236. The van der Waals surface area contributed by atoms with Crippen LogP contribution in [0.4, 0.5) is 0 Å². The quantitative estimate of drug-likeness (QED) is 0.0163. The number of fused-ring (bicyclic) bond motifs is 2. The number of hydrogen-bond acceptors (Lipinski definition) is 22. The van der Waals surface area contributed by atoms with Gasteiger partial charge < -0.3 is 115 Å². The summed E-state index contributed by atoms with van der Waals surface area (Å²) in [7, 11) is 0. The molecule has 14 amide bonds. The maximum Gasteiger partial charge on any atom is 0.326 e. The van der Waals surface area contributed by atoms with Crippen molar-refractivity contribution in [1.82, 2.24) is 84.0 Å². The lowest BCUT2D eigenvalue weighted by molar-refractivity contribution is -0.144. The summed E-state index contributed by atoms with van der Waals surface area (Å²) in [5, 5.41) is 81.3. The van der Waals surface area contributed by atoms with Crippen molar-refractivity contribution in [2.24, 2.45) is 17.6 Å². The molecule has 115 heavy (non-hydrogen) atoms. The van der Waals surface area contributed by atoms with Gasteiger partial charge in [-0.25, -0.2) is 4.79 Å². The molecule has 5 aromatic rings. The summed E-state index contributed by atoms with van der Waals surface area (Å²) >= 11 is 8.43. The average Bonchev–Trinajstić information content (AvgIpc) is 1.71. The van der Waals surface area contributed by atoms with Crippen molar-refractivity contribution in [2.75, 3.05) is 50.9 Å². The first kappa shape index (κ1) is 92.2. The number of nitrogens with zero attached hydrogens (tertiary/aromatic N) is 1. The van der Waals surface area contributed by atoms with Gasteiger partial charge in [0.2, 0.25) is 82.7 Å². The summed E-state index contributed by atoms with van der Waals surface area (Å²) in [6, 6.07) is 4.30. The van der Waals surface area contributed by atoms with Crippen LogP contribution in [0.15, 0.2) is 91.3 Å². The van der Waals surface area contributed by atoms with Crippen molar-refractivity contribution in [3.05, 3.63) is 108 Å². The van der Waals surface area contributed by atoms with E-state index in [1.165, 1.54) is 32.6 Å². The van der Waals surface area contributed by atoms with Gasteiger partial charge in [0.1, 0.15) is 72.5 Å². The number of thiol groups is 2. The van der Waals surface area contributed by atoms with Crippen molar-refractivity contribution in [2.45, 2.75) is 158 Å². The van der Waals surface area contributed by atoms with Gasteiger partial charge in [0.05, 0.1) is 32.8 Å². The summed E-state index contributed by atoms with van der Waals surface area (Å²) < 4.78 is 0. The fourth-order valence-corrected chi connectivity index (χ4v) is 12.8. The number of nitrogens with two attached hydrogens (primary N) is 1. The minimum Gasteiger partial charge on any atom is -0.481 e. The zero-order valence-corrected chi connectivity index (χ0v) is 65.1. The largest absolute Gasteiger partial charge is 0.481 e. The van der Waals surface area contributed by atoms with Gasteiger partial charge in [-0.05, 0) is 66.3 Å². The van der Waals surface area contributed by atoms with Crippen LogP contribution in [-0.2, 0) is 101 Å². The summed E-state index contributed by atoms with van der Waals surface area (Å²) in [6.45, 7) is 1.88. The van der Waals surface area contributed by atoms with Gasteiger partial charge in [-0.1, -0.05) is 94.4 Å². The Labute approximate surface area is 670 Å². The molecule has 3 heterocycles. The third kappa shape index (κ3) is 28.1. The molecule has 22 N–H and O–H groups in total. The molecule has 0 spiro atoms. The van der Waals surface area contributed by atoms with Crippen LogP contribution >= 0.6 is 25.3 Å². The molecular weight excluding hydrogens is 1540 g/mol. The van der Waals surface area contributed by atoms with Crippen LogP contribution in [0.2, 0.25) is 0 Å². The van der Waals surface area contributed by atoms with E-state index in [4.69, 9.17) is 5.73 Å². The number of aromatic nitrogens is 2. The Morgan fingerprint density at radius 3 is 1.41 bits per heavy atom. The molecule has 0 saturated carbocycles. The zero-order valence-electron chi connectivity index (χ0n) is 63.4. The van der Waals surface area contributed by atoms with Crippen molar-refractivity contribution < 1.29 is 107 Å². The van der Waals surface area contributed by atoms with Crippen molar-refractivity contribution in [3.8, 4) is 0 Å². The number of para-hydroxylation sites is 2. The lowest BCUT2D eigenvalue weighted by Gasteiger charge is -2.30. The summed E-state index contributed by atoms with van der Waals surface area (Å²) in [6.07, 6.45) is 0.532. The molecule has 2 aromatic heterocycles. The van der Waals surface area contributed by atoms with Crippen LogP contribution in [0.3, 0.4) is 0 Å². The number of aliphatic hydroxyl groups is 2. The molecule has 0 bridgehead atoms. The van der Waals surface area contributed by atoms with Gasteiger partial charge in [-0.2, -0.15) is 25.3 Å². The molecule has 39 nitrogen and oxygen atoms in total. The van der Waals surface area contributed by atoms with Crippen LogP contribution in [0.25, 0.3) is 21.8 Å². The highest BCUT2D eigenvalue weighted by molar-refractivity contribution is 7.80. The normalized spacial score (nSPS) is 15.4. The van der Waals surface area contributed by atoms with E-state index in [9.17, 15) is 107 Å². The molecule has 1 fully saturated rings. The van der Waals surface area contributed by atoms with E-state index in [0.717, 1.165) is 10.9 Å². The predicted octanol–water partition coefficient (Wildman–Crippen LogP) is -4.84. The number of benzene rings is 3.